The SMILES string of the molecule is [2H]C([2H])(c1ccc2c(ccc3c2oc2nc(C)[n+]4c(c23)-c2cc(C(C)(C)C)c3ccccc3c2C42C(C3CCCCC3)C(C(C)C)C2C2CCCCC2)c1)C(C)C. The number of furan rings is 1. The van der Waals surface area contributed by atoms with Crippen LogP contribution in [0.5, 0.6) is 0 Å². The van der Waals surface area contributed by atoms with E-state index in [0.29, 0.717) is 35.5 Å². The first-order chi connectivity index (χ1) is 27.3. The Kier molecular flexibility index (Phi) is 7.84. The van der Waals surface area contributed by atoms with Crippen LogP contribution in [0.1, 0.15) is 138 Å². The molecule has 286 valence electrons. The largest absolute Gasteiger partial charge is 0.418 e. The maximum atomic E-state index is 8.86. The van der Waals surface area contributed by atoms with Gasteiger partial charge in [-0.25, -0.2) is 4.57 Å². The van der Waals surface area contributed by atoms with Gasteiger partial charge < -0.3 is 4.42 Å². The zero-order chi connectivity index (χ0) is 39.8. The number of aryl methyl sites for hydroxylation is 1. The summed E-state index contributed by atoms with van der Waals surface area (Å²) in [4.78, 5) is 5.55. The molecule has 0 N–H and O–H groups in total. The average molecular weight is 734 g/mol. The van der Waals surface area contributed by atoms with E-state index in [1.54, 1.807) is 5.56 Å². The zero-order valence-corrected chi connectivity index (χ0v) is 34.7. The lowest BCUT2D eigenvalue weighted by atomic mass is 9.39. The summed E-state index contributed by atoms with van der Waals surface area (Å²) in [6.45, 7) is 18.5. The number of hydrogen-bond acceptors (Lipinski definition) is 2. The molecule has 1 spiro atoms. The van der Waals surface area contributed by atoms with E-state index >= 15 is 0 Å². The predicted molar refractivity (Wildman–Crippen MR) is 230 cm³/mol. The molecule has 2 atom stereocenters. The molecule has 0 bridgehead atoms. The molecule has 2 aromatic heterocycles. The fraction of sp³-hybridized carbons (Fsp3) is 0.538. The molecule has 2 unspecified atom stereocenters. The Morgan fingerprint density at radius 1 is 0.800 bits per heavy atom. The van der Waals surface area contributed by atoms with Crippen molar-refractivity contribution in [1.82, 2.24) is 4.98 Å². The van der Waals surface area contributed by atoms with Crippen LogP contribution in [0.3, 0.4) is 0 Å². The van der Waals surface area contributed by atoms with Crippen LogP contribution in [0.25, 0.3) is 54.9 Å². The molecule has 55 heavy (non-hydrogen) atoms. The van der Waals surface area contributed by atoms with Crippen molar-refractivity contribution in [1.29, 1.82) is 0 Å². The molecule has 3 heteroatoms. The first-order valence-corrected chi connectivity index (χ1v) is 22.1. The van der Waals surface area contributed by atoms with E-state index in [1.165, 1.54) is 91.8 Å². The van der Waals surface area contributed by atoms with Gasteiger partial charge in [-0.1, -0.05) is 136 Å². The average Bonchev–Trinajstić information content (AvgIpc) is 3.72. The fourth-order valence-corrected chi connectivity index (χ4v) is 13.2. The first-order valence-electron chi connectivity index (χ1n) is 23.1. The number of nitrogens with zero attached hydrogens (tertiary/aromatic N) is 2. The summed E-state index contributed by atoms with van der Waals surface area (Å²) in [5, 5.41) is 7.16. The second-order valence-electron chi connectivity index (χ2n) is 19.9. The minimum absolute atomic E-state index is 0.0463. The Bertz CT molecular complexity index is 2530. The minimum Gasteiger partial charge on any atom is -0.418 e. The van der Waals surface area contributed by atoms with Crippen LogP contribution in [-0.2, 0) is 17.3 Å². The van der Waals surface area contributed by atoms with Crippen molar-refractivity contribution in [3.63, 3.8) is 0 Å². The minimum atomic E-state index is -1.42. The Labute approximate surface area is 332 Å². The maximum absolute atomic E-state index is 8.86. The van der Waals surface area contributed by atoms with Crippen molar-refractivity contribution in [3.05, 3.63) is 83.2 Å². The molecule has 1 aliphatic heterocycles. The van der Waals surface area contributed by atoms with Gasteiger partial charge in [0.25, 0.3) is 0 Å². The van der Waals surface area contributed by atoms with Gasteiger partial charge in [0.15, 0.2) is 5.69 Å². The quantitative estimate of drug-likeness (QED) is 0.165. The summed E-state index contributed by atoms with van der Waals surface area (Å²) < 4.78 is 27.6. The number of benzene rings is 4. The van der Waals surface area contributed by atoms with E-state index in [-0.39, 0.29) is 16.9 Å². The third-order valence-electron chi connectivity index (χ3n) is 15.0. The molecule has 3 saturated carbocycles. The Hall–Kier alpha value is -3.72. The van der Waals surface area contributed by atoms with E-state index < -0.39 is 6.37 Å². The summed E-state index contributed by atoms with van der Waals surface area (Å²) >= 11 is 0. The molecular weight excluding hydrogens is 669 g/mol. The summed E-state index contributed by atoms with van der Waals surface area (Å²) in [6, 6.07) is 22.6. The highest BCUT2D eigenvalue weighted by Crippen LogP contribution is 2.70. The third-order valence-corrected chi connectivity index (χ3v) is 15.0. The van der Waals surface area contributed by atoms with Crippen LogP contribution in [-0.4, -0.2) is 4.98 Å². The molecule has 3 nitrogen and oxygen atoms in total. The van der Waals surface area contributed by atoms with Crippen LogP contribution in [0.15, 0.2) is 65.1 Å². The van der Waals surface area contributed by atoms with E-state index in [9.17, 15) is 0 Å². The number of hydrogen-bond donors (Lipinski definition) is 0. The second kappa shape index (κ2) is 12.9. The summed E-state index contributed by atoms with van der Waals surface area (Å²) in [5.41, 5.74) is 7.80. The molecule has 0 saturated heterocycles. The zero-order valence-electron chi connectivity index (χ0n) is 36.7. The summed E-state index contributed by atoms with van der Waals surface area (Å²) in [6.07, 6.45) is 12.1. The smallest absolute Gasteiger partial charge is 0.346 e. The van der Waals surface area contributed by atoms with Gasteiger partial charge in [-0.15, -0.1) is 0 Å². The van der Waals surface area contributed by atoms with Crippen LogP contribution < -0.4 is 4.57 Å². The maximum Gasteiger partial charge on any atom is 0.346 e. The Morgan fingerprint density at radius 3 is 2.05 bits per heavy atom. The molecule has 0 radical (unpaired) electrons. The highest BCUT2D eigenvalue weighted by Gasteiger charge is 2.74. The molecule has 3 heterocycles. The van der Waals surface area contributed by atoms with E-state index in [2.05, 4.69) is 94.6 Å². The lowest BCUT2D eigenvalue weighted by molar-refractivity contribution is -0.785. The van der Waals surface area contributed by atoms with Crippen molar-refractivity contribution in [3.8, 4) is 11.3 Å². The molecule has 4 aliphatic rings. The van der Waals surface area contributed by atoms with Gasteiger partial charge in [0.1, 0.15) is 16.5 Å². The normalized spacial score (nSPS) is 25.7. The third kappa shape index (κ3) is 5.12. The van der Waals surface area contributed by atoms with E-state index in [1.807, 2.05) is 26.0 Å². The first kappa shape index (κ1) is 33.4. The molecule has 6 aromatic rings. The van der Waals surface area contributed by atoms with Crippen LogP contribution in [0.2, 0.25) is 0 Å². The molecule has 10 rings (SSSR count). The van der Waals surface area contributed by atoms with Gasteiger partial charge in [0, 0.05) is 43.4 Å². The van der Waals surface area contributed by atoms with E-state index in [4.69, 9.17) is 12.1 Å². The molecular formula is C52H63N2O+. The topological polar surface area (TPSA) is 29.9 Å². The fourth-order valence-electron chi connectivity index (χ4n) is 13.2. The van der Waals surface area contributed by atoms with E-state index in [0.717, 1.165) is 44.2 Å². The highest BCUT2D eigenvalue weighted by atomic mass is 16.3. The molecule has 4 aromatic carbocycles. The second-order valence-corrected chi connectivity index (χ2v) is 19.9. The van der Waals surface area contributed by atoms with Gasteiger partial charge >= 0.3 is 11.5 Å². The predicted octanol–water partition coefficient (Wildman–Crippen LogP) is 13.8. The van der Waals surface area contributed by atoms with Crippen LogP contribution in [0.4, 0.5) is 0 Å². The van der Waals surface area contributed by atoms with Crippen molar-refractivity contribution in [2.75, 3.05) is 0 Å². The molecule has 0 amide bonds. The van der Waals surface area contributed by atoms with Crippen molar-refractivity contribution >= 4 is 43.6 Å². The van der Waals surface area contributed by atoms with Gasteiger partial charge in [0.05, 0.1) is 0 Å². The monoisotopic (exact) mass is 734 g/mol. The number of aromatic nitrogens is 2. The van der Waals surface area contributed by atoms with Crippen molar-refractivity contribution < 1.29 is 11.7 Å². The molecule has 3 fully saturated rings. The Morgan fingerprint density at radius 2 is 1.44 bits per heavy atom. The standard InChI is InChI=1S/C52H63N2O/c1-30(2)27-33-23-25-37-36(28-33)24-26-40-44-48-41-29-42(51(6,7)8)38-21-15-16-22-39(38)47(41)52(54(48)32(5)53-50(44)55-49(37)40)45(34-17-11-9-12-18-34)43(31(3)4)46(52)35-19-13-10-14-20-35/h15-16,21-26,28-31,34-35,43,45-46H,9-14,17-20,27H2,1-8H3/q+1/i27D2. The van der Waals surface area contributed by atoms with Crippen molar-refractivity contribution in [2.45, 2.75) is 137 Å². The molecule has 3 aliphatic carbocycles. The van der Waals surface area contributed by atoms with Gasteiger partial charge in [-0.2, -0.15) is 0 Å². The lowest BCUT2D eigenvalue weighted by Gasteiger charge is -2.65. The van der Waals surface area contributed by atoms with Crippen molar-refractivity contribution in [2.24, 2.45) is 41.4 Å². The number of rotatable bonds is 5. The lowest BCUT2D eigenvalue weighted by Crippen LogP contribution is -2.78. The number of fused-ring (bicyclic) bond motifs is 13. The Balaban J connectivity index is 1.35. The highest BCUT2D eigenvalue weighted by molar-refractivity contribution is 6.18. The summed E-state index contributed by atoms with van der Waals surface area (Å²) in [5.74, 6) is 4.72. The summed E-state index contributed by atoms with van der Waals surface area (Å²) in [7, 11) is 0. The van der Waals surface area contributed by atoms with Gasteiger partial charge in [-0.05, 0) is 111 Å². The van der Waals surface area contributed by atoms with Gasteiger partial charge in [-0.3, -0.25) is 0 Å². The van der Waals surface area contributed by atoms with Gasteiger partial charge in [0.2, 0.25) is 0 Å². The van der Waals surface area contributed by atoms with Crippen LogP contribution >= 0.6 is 0 Å². The van der Waals surface area contributed by atoms with Crippen LogP contribution in [0, 0.1) is 48.3 Å².